The highest BCUT2D eigenvalue weighted by Gasteiger charge is 2.26. The zero-order chi connectivity index (χ0) is 14.4. The van der Waals surface area contributed by atoms with Gasteiger partial charge in [-0.2, -0.15) is 0 Å². The van der Waals surface area contributed by atoms with E-state index in [-0.39, 0.29) is 13.2 Å². The van der Waals surface area contributed by atoms with Gasteiger partial charge in [-0.1, -0.05) is 24.1 Å². The van der Waals surface area contributed by atoms with Gasteiger partial charge in [0.15, 0.2) is 0 Å². The lowest BCUT2D eigenvalue weighted by Crippen LogP contribution is -2.40. The van der Waals surface area contributed by atoms with E-state index in [4.69, 9.17) is 4.74 Å². The third-order valence-corrected chi connectivity index (χ3v) is 3.97. The van der Waals surface area contributed by atoms with Crippen molar-refractivity contribution in [3.63, 3.8) is 0 Å². The first-order valence-corrected chi connectivity index (χ1v) is 7.41. The number of rotatable bonds is 7. The maximum Gasteiger partial charge on any atom is 0.119 e. The Morgan fingerprint density at radius 2 is 2.05 bits per heavy atom. The average molecular weight is 279 g/mol. The van der Waals surface area contributed by atoms with E-state index >= 15 is 0 Å². The smallest absolute Gasteiger partial charge is 0.119 e. The predicted octanol–water partition coefficient (Wildman–Crippen LogP) is 1.49. The summed E-state index contributed by atoms with van der Waals surface area (Å²) in [6.45, 7) is 3.05. The summed E-state index contributed by atoms with van der Waals surface area (Å²) in [6, 6.07) is 8.13. The third-order valence-electron chi connectivity index (χ3n) is 3.97. The van der Waals surface area contributed by atoms with Crippen molar-refractivity contribution in [2.75, 3.05) is 19.8 Å². The Labute approximate surface area is 120 Å². The van der Waals surface area contributed by atoms with Crippen LogP contribution in [0, 0.1) is 12.8 Å². The molecule has 0 amide bonds. The van der Waals surface area contributed by atoms with Crippen LogP contribution in [0.2, 0.25) is 0 Å². The second-order valence-corrected chi connectivity index (χ2v) is 5.67. The van der Waals surface area contributed by atoms with Crippen LogP contribution < -0.4 is 10.1 Å². The minimum atomic E-state index is -0.531. The first kappa shape index (κ1) is 15.3. The van der Waals surface area contributed by atoms with Crippen molar-refractivity contribution in [2.45, 2.75) is 38.3 Å². The van der Waals surface area contributed by atoms with Crippen molar-refractivity contribution in [1.82, 2.24) is 5.32 Å². The van der Waals surface area contributed by atoms with E-state index in [2.05, 4.69) is 5.32 Å². The lowest BCUT2D eigenvalue weighted by atomic mass is 10.1. The molecular formula is C16H25NO3. The number of aryl methyl sites for hydroxylation is 1. The van der Waals surface area contributed by atoms with E-state index in [1.807, 2.05) is 31.2 Å². The van der Waals surface area contributed by atoms with Gasteiger partial charge in [-0.3, -0.25) is 0 Å². The zero-order valence-corrected chi connectivity index (χ0v) is 12.1. The van der Waals surface area contributed by atoms with Crippen molar-refractivity contribution in [2.24, 2.45) is 5.92 Å². The Hall–Kier alpha value is -1.10. The van der Waals surface area contributed by atoms with Crippen LogP contribution in [0.15, 0.2) is 24.3 Å². The number of nitrogens with one attached hydrogen (secondary N) is 1. The van der Waals surface area contributed by atoms with Crippen LogP contribution in [0.25, 0.3) is 0 Å². The molecule has 20 heavy (non-hydrogen) atoms. The molecule has 3 N–H and O–H groups in total. The van der Waals surface area contributed by atoms with E-state index in [0.717, 1.165) is 25.0 Å². The molecule has 0 saturated heterocycles. The molecule has 1 aliphatic rings. The summed E-state index contributed by atoms with van der Waals surface area (Å²) in [5.74, 6) is 1.11. The summed E-state index contributed by atoms with van der Waals surface area (Å²) in [7, 11) is 0. The summed E-state index contributed by atoms with van der Waals surface area (Å²) < 4.78 is 5.55. The highest BCUT2D eigenvalue weighted by molar-refractivity contribution is 5.26. The van der Waals surface area contributed by atoms with Crippen molar-refractivity contribution in [1.29, 1.82) is 0 Å². The van der Waals surface area contributed by atoms with Gasteiger partial charge >= 0.3 is 0 Å². The molecule has 3 atom stereocenters. The standard InChI is InChI=1S/C16H25NO3/c1-12-5-7-15(8-6-12)20-11-14(19)9-17-16-4-2-3-13(16)10-18/h5-8,13-14,16-19H,2-4,9-11H2,1H3. The number of hydrogen-bond acceptors (Lipinski definition) is 4. The molecule has 1 aromatic carbocycles. The van der Waals surface area contributed by atoms with Gasteiger partial charge in [0, 0.05) is 19.2 Å². The monoisotopic (exact) mass is 279 g/mol. The van der Waals surface area contributed by atoms with Gasteiger partial charge < -0.3 is 20.3 Å². The summed E-state index contributed by atoms with van der Waals surface area (Å²) in [6.07, 6.45) is 2.77. The van der Waals surface area contributed by atoms with Crippen molar-refractivity contribution >= 4 is 0 Å². The first-order valence-electron chi connectivity index (χ1n) is 7.41. The van der Waals surface area contributed by atoms with E-state index in [1.54, 1.807) is 0 Å². The molecule has 3 unspecified atom stereocenters. The molecule has 0 spiro atoms. The molecule has 1 fully saturated rings. The van der Waals surface area contributed by atoms with E-state index in [0.29, 0.717) is 18.5 Å². The SMILES string of the molecule is Cc1ccc(OCC(O)CNC2CCCC2CO)cc1. The van der Waals surface area contributed by atoms with Crippen LogP contribution >= 0.6 is 0 Å². The van der Waals surface area contributed by atoms with Gasteiger partial charge in [-0.25, -0.2) is 0 Å². The molecule has 2 rings (SSSR count). The fourth-order valence-corrected chi connectivity index (χ4v) is 2.70. The highest BCUT2D eigenvalue weighted by atomic mass is 16.5. The van der Waals surface area contributed by atoms with Gasteiger partial charge in [-0.15, -0.1) is 0 Å². The second kappa shape index (κ2) is 7.62. The molecule has 1 saturated carbocycles. The number of aliphatic hydroxyl groups excluding tert-OH is 2. The van der Waals surface area contributed by atoms with Crippen LogP contribution in [0.5, 0.6) is 5.75 Å². The third kappa shape index (κ3) is 4.47. The second-order valence-electron chi connectivity index (χ2n) is 5.67. The molecule has 0 aromatic heterocycles. The Morgan fingerprint density at radius 3 is 2.75 bits per heavy atom. The van der Waals surface area contributed by atoms with Gasteiger partial charge in [-0.05, 0) is 37.8 Å². The van der Waals surface area contributed by atoms with Crippen molar-refractivity contribution < 1.29 is 14.9 Å². The molecule has 0 aliphatic heterocycles. The normalized spacial score (nSPS) is 23.8. The highest BCUT2D eigenvalue weighted by Crippen LogP contribution is 2.24. The molecule has 1 aromatic rings. The van der Waals surface area contributed by atoms with Crippen LogP contribution in [0.1, 0.15) is 24.8 Å². The summed E-state index contributed by atoms with van der Waals surface area (Å²) in [5, 5.41) is 22.5. The lowest BCUT2D eigenvalue weighted by Gasteiger charge is -2.21. The Kier molecular flexibility index (Phi) is 5.83. The Morgan fingerprint density at radius 1 is 1.30 bits per heavy atom. The number of aliphatic hydroxyl groups is 2. The first-order chi connectivity index (χ1) is 9.69. The van der Waals surface area contributed by atoms with E-state index < -0.39 is 6.10 Å². The molecule has 112 valence electrons. The summed E-state index contributed by atoms with van der Waals surface area (Å²) in [5.41, 5.74) is 1.19. The van der Waals surface area contributed by atoms with Crippen molar-refractivity contribution in [3.8, 4) is 5.75 Å². The lowest BCUT2D eigenvalue weighted by molar-refractivity contribution is 0.0992. The minimum absolute atomic E-state index is 0.230. The van der Waals surface area contributed by atoms with Gasteiger partial charge in [0.1, 0.15) is 18.5 Å². The Balaban J connectivity index is 1.67. The van der Waals surface area contributed by atoms with E-state index in [9.17, 15) is 10.2 Å². The fourth-order valence-electron chi connectivity index (χ4n) is 2.70. The van der Waals surface area contributed by atoms with Crippen LogP contribution in [-0.4, -0.2) is 42.1 Å². The zero-order valence-electron chi connectivity index (χ0n) is 12.1. The predicted molar refractivity (Wildman–Crippen MR) is 78.9 cm³/mol. The molecule has 1 aliphatic carbocycles. The minimum Gasteiger partial charge on any atom is -0.491 e. The quantitative estimate of drug-likeness (QED) is 0.707. The molecule has 4 heteroatoms. The number of ether oxygens (including phenoxy) is 1. The van der Waals surface area contributed by atoms with E-state index in [1.165, 1.54) is 5.56 Å². The summed E-state index contributed by atoms with van der Waals surface area (Å²) >= 11 is 0. The summed E-state index contributed by atoms with van der Waals surface area (Å²) in [4.78, 5) is 0. The van der Waals surface area contributed by atoms with Gasteiger partial charge in [0.2, 0.25) is 0 Å². The average Bonchev–Trinajstić information content (AvgIpc) is 2.92. The van der Waals surface area contributed by atoms with Gasteiger partial charge in [0.05, 0.1) is 0 Å². The van der Waals surface area contributed by atoms with Crippen LogP contribution in [0.4, 0.5) is 0 Å². The molecule has 4 nitrogen and oxygen atoms in total. The van der Waals surface area contributed by atoms with Crippen molar-refractivity contribution in [3.05, 3.63) is 29.8 Å². The fraction of sp³-hybridized carbons (Fsp3) is 0.625. The van der Waals surface area contributed by atoms with Gasteiger partial charge in [0.25, 0.3) is 0 Å². The molecule has 0 bridgehead atoms. The maximum atomic E-state index is 9.93. The van der Waals surface area contributed by atoms with Crippen LogP contribution in [-0.2, 0) is 0 Å². The molecular weight excluding hydrogens is 254 g/mol. The largest absolute Gasteiger partial charge is 0.491 e. The number of hydrogen-bond donors (Lipinski definition) is 3. The molecule has 0 radical (unpaired) electrons. The maximum absolute atomic E-state index is 9.93. The number of benzene rings is 1. The topological polar surface area (TPSA) is 61.7 Å². The van der Waals surface area contributed by atoms with Crippen LogP contribution in [0.3, 0.4) is 0 Å². The Bertz CT molecular complexity index is 393. The molecule has 0 heterocycles.